The number of aryl methyl sites for hydroxylation is 2. The highest BCUT2D eigenvalue weighted by molar-refractivity contribution is 5.89. The van der Waals surface area contributed by atoms with Gasteiger partial charge >= 0.3 is 0 Å². The van der Waals surface area contributed by atoms with E-state index in [9.17, 15) is 4.79 Å². The predicted molar refractivity (Wildman–Crippen MR) is 80.4 cm³/mol. The number of rotatable bonds is 6. The van der Waals surface area contributed by atoms with Gasteiger partial charge in [0.25, 0.3) is 0 Å². The second-order valence-electron chi connectivity index (χ2n) is 4.82. The summed E-state index contributed by atoms with van der Waals surface area (Å²) in [5.41, 5.74) is 8.53. The van der Waals surface area contributed by atoms with Crippen LogP contribution in [-0.2, 0) is 17.6 Å². The van der Waals surface area contributed by atoms with Gasteiger partial charge in [0.15, 0.2) is 5.82 Å². The number of carbonyl (C=O) groups excluding carboxylic acids is 1. The van der Waals surface area contributed by atoms with Crippen molar-refractivity contribution in [3.05, 3.63) is 41.6 Å². The fraction of sp³-hybridized carbons (Fsp3) is 0.333. The van der Waals surface area contributed by atoms with Gasteiger partial charge in [-0.05, 0) is 30.5 Å². The highest BCUT2D eigenvalue weighted by atomic mass is 16.1. The fourth-order valence-electron chi connectivity index (χ4n) is 2.03. The maximum atomic E-state index is 11.8. The molecule has 0 aliphatic heterocycles. The van der Waals surface area contributed by atoms with E-state index in [1.807, 2.05) is 30.3 Å². The normalized spacial score (nSPS) is 10.4. The molecule has 1 aromatic heterocycles. The van der Waals surface area contributed by atoms with E-state index in [-0.39, 0.29) is 5.91 Å². The Balaban J connectivity index is 1.82. The average Bonchev–Trinajstić information content (AvgIpc) is 2.84. The Morgan fingerprint density at radius 2 is 2.20 bits per heavy atom. The molecular formula is C15H20N4O. The molecule has 2 rings (SSSR count). The lowest BCUT2D eigenvalue weighted by molar-refractivity contribution is -0.116. The number of benzene rings is 1. The van der Waals surface area contributed by atoms with E-state index in [0.717, 1.165) is 29.8 Å². The Kier molecular flexibility index (Phi) is 4.76. The van der Waals surface area contributed by atoms with E-state index < -0.39 is 0 Å². The monoisotopic (exact) mass is 272 g/mol. The van der Waals surface area contributed by atoms with Gasteiger partial charge < -0.3 is 11.1 Å². The number of nitrogen functional groups attached to an aromatic ring is 1. The zero-order valence-corrected chi connectivity index (χ0v) is 11.6. The van der Waals surface area contributed by atoms with Crippen molar-refractivity contribution in [1.29, 1.82) is 0 Å². The minimum absolute atomic E-state index is 0.0398. The molecule has 0 fully saturated rings. The number of carbonyl (C=O) groups is 1. The lowest BCUT2D eigenvalue weighted by Gasteiger charge is -2.03. The molecule has 5 heteroatoms. The van der Waals surface area contributed by atoms with Crippen molar-refractivity contribution >= 4 is 17.4 Å². The van der Waals surface area contributed by atoms with E-state index in [2.05, 4.69) is 22.4 Å². The van der Waals surface area contributed by atoms with Gasteiger partial charge in [0, 0.05) is 23.9 Å². The summed E-state index contributed by atoms with van der Waals surface area (Å²) >= 11 is 0. The van der Waals surface area contributed by atoms with Crippen molar-refractivity contribution in [1.82, 2.24) is 10.2 Å². The summed E-state index contributed by atoms with van der Waals surface area (Å²) in [6, 6.07) is 9.47. The summed E-state index contributed by atoms with van der Waals surface area (Å²) in [5, 5.41) is 9.77. The molecule has 2 aromatic rings. The summed E-state index contributed by atoms with van der Waals surface area (Å²) in [5.74, 6) is 0.549. The molecule has 4 N–H and O–H groups in total. The van der Waals surface area contributed by atoms with Gasteiger partial charge in [0.2, 0.25) is 5.91 Å². The topological polar surface area (TPSA) is 83.8 Å². The zero-order chi connectivity index (χ0) is 14.4. The van der Waals surface area contributed by atoms with E-state index in [0.29, 0.717) is 18.7 Å². The fourth-order valence-corrected chi connectivity index (χ4v) is 2.03. The number of anilines is 2. The molecule has 0 spiro atoms. The van der Waals surface area contributed by atoms with Gasteiger partial charge in [-0.3, -0.25) is 9.89 Å². The van der Waals surface area contributed by atoms with Crippen molar-refractivity contribution < 1.29 is 4.79 Å². The number of hydrogen-bond donors (Lipinski definition) is 3. The molecule has 0 unspecified atom stereocenters. The first-order chi connectivity index (χ1) is 9.67. The molecule has 0 aliphatic rings. The van der Waals surface area contributed by atoms with Crippen LogP contribution >= 0.6 is 0 Å². The van der Waals surface area contributed by atoms with Gasteiger partial charge in [-0.2, -0.15) is 5.10 Å². The summed E-state index contributed by atoms with van der Waals surface area (Å²) in [6.45, 7) is 2.10. The number of aromatic amines is 1. The van der Waals surface area contributed by atoms with Crippen LogP contribution in [0.1, 0.15) is 31.0 Å². The summed E-state index contributed by atoms with van der Waals surface area (Å²) in [4.78, 5) is 11.8. The van der Waals surface area contributed by atoms with Crippen molar-refractivity contribution in [2.24, 2.45) is 0 Å². The van der Waals surface area contributed by atoms with Crippen molar-refractivity contribution in [3.8, 4) is 0 Å². The summed E-state index contributed by atoms with van der Waals surface area (Å²) < 4.78 is 0. The van der Waals surface area contributed by atoms with Gasteiger partial charge in [-0.1, -0.05) is 25.5 Å². The Morgan fingerprint density at radius 1 is 1.35 bits per heavy atom. The molecular weight excluding hydrogens is 252 g/mol. The first kappa shape index (κ1) is 14.1. The first-order valence-electron chi connectivity index (χ1n) is 6.86. The molecule has 5 nitrogen and oxygen atoms in total. The predicted octanol–water partition coefficient (Wildman–Crippen LogP) is 2.52. The van der Waals surface area contributed by atoms with Crippen LogP contribution in [0.4, 0.5) is 11.5 Å². The molecule has 1 amide bonds. The molecule has 0 aliphatic carbocycles. The third-order valence-electron chi connectivity index (χ3n) is 3.01. The lowest BCUT2D eigenvalue weighted by atomic mass is 10.1. The van der Waals surface area contributed by atoms with Gasteiger partial charge in [0.05, 0.1) is 0 Å². The van der Waals surface area contributed by atoms with Crippen LogP contribution in [0.3, 0.4) is 0 Å². The molecule has 0 radical (unpaired) electrons. The Bertz CT molecular complexity index is 577. The second-order valence-corrected chi connectivity index (χ2v) is 4.82. The van der Waals surface area contributed by atoms with Crippen LogP contribution in [0.5, 0.6) is 0 Å². The SMILES string of the molecule is CCCc1cc(NC(=O)CCc2cccc(N)c2)n[nH]1. The molecule has 1 heterocycles. The third-order valence-corrected chi connectivity index (χ3v) is 3.01. The van der Waals surface area contributed by atoms with Crippen LogP contribution in [-0.4, -0.2) is 16.1 Å². The maximum absolute atomic E-state index is 11.8. The number of nitrogens with zero attached hydrogens (tertiary/aromatic N) is 1. The zero-order valence-electron chi connectivity index (χ0n) is 11.6. The van der Waals surface area contributed by atoms with E-state index in [1.165, 1.54) is 0 Å². The maximum Gasteiger partial charge on any atom is 0.225 e. The molecule has 0 saturated heterocycles. The van der Waals surface area contributed by atoms with E-state index in [1.54, 1.807) is 0 Å². The van der Waals surface area contributed by atoms with Crippen LogP contribution in [0.15, 0.2) is 30.3 Å². The van der Waals surface area contributed by atoms with Crippen molar-refractivity contribution in [3.63, 3.8) is 0 Å². The molecule has 106 valence electrons. The summed E-state index contributed by atoms with van der Waals surface area (Å²) in [7, 11) is 0. The number of nitrogens with one attached hydrogen (secondary N) is 2. The highest BCUT2D eigenvalue weighted by Gasteiger charge is 2.06. The van der Waals surface area contributed by atoms with Crippen LogP contribution in [0, 0.1) is 0 Å². The smallest absolute Gasteiger partial charge is 0.225 e. The van der Waals surface area contributed by atoms with Gasteiger partial charge in [-0.15, -0.1) is 0 Å². The van der Waals surface area contributed by atoms with E-state index in [4.69, 9.17) is 5.73 Å². The third kappa shape index (κ3) is 4.12. The first-order valence-corrected chi connectivity index (χ1v) is 6.86. The Morgan fingerprint density at radius 3 is 2.95 bits per heavy atom. The number of aromatic nitrogens is 2. The van der Waals surface area contributed by atoms with Crippen molar-refractivity contribution in [2.45, 2.75) is 32.6 Å². The number of H-pyrrole nitrogens is 1. The summed E-state index contributed by atoms with van der Waals surface area (Å²) in [6.07, 6.45) is 3.07. The molecule has 20 heavy (non-hydrogen) atoms. The Labute approximate surface area is 118 Å². The quantitative estimate of drug-likeness (QED) is 0.706. The minimum Gasteiger partial charge on any atom is -0.399 e. The van der Waals surface area contributed by atoms with Crippen molar-refractivity contribution in [2.75, 3.05) is 11.1 Å². The van der Waals surface area contributed by atoms with E-state index >= 15 is 0 Å². The molecule has 0 bridgehead atoms. The van der Waals surface area contributed by atoms with Gasteiger partial charge in [0.1, 0.15) is 0 Å². The van der Waals surface area contributed by atoms with Crippen LogP contribution < -0.4 is 11.1 Å². The molecule has 0 saturated carbocycles. The van der Waals surface area contributed by atoms with Gasteiger partial charge in [-0.25, -0.2) is 0 Å². The average molecular weight is 272 g/mol. The second kappa shape index (κ2) is 6.75. The minimum atomic E-state index is -0.0398. The number of amides is 1. The van der Waals surface area contributed by atoms with Crippen LogP contribution in [0.25, 0.3) is 0 Å². The lowest BCUT2D eigenvalue weighted by Crippen LogP contribution is -2.12. The highest BCUT2D eigenvalue weighted by Crippen LogP contribution is 2.11. The van der Waals surface area contributed by atoms with Crippen LogP contribution in [0.2, 0.25) is 0 Å². The molecule has 0 atom stereocenters. The Hall–Kier alpha value is -2.30. The largest absolute Gasteiger partial charge is 0.399 e. The number of nitrogens with two attached hydrogens (primary N) is 1. The standard InChI is InChI=1S/C15H20N4O/c1-2-4-13-10-14(19-18-13)17-15(20)8-7-11-5-3-6-12(16)9-11/h3,5-6,9-10H,2,4,7-8,16H2,1H3,(H2,17,18,19,20). The molecule has 1 aromatic carbocycles. The number of hydrogen-bond acceptors (Lipinski definition) is 3.